The lowest BCUT2D eigenvalue weighted by atomic mass is 9.58. The van der Waals surface area contributed by atoms with Crippen LogP contribution in [0.3, 0.4) is 0 Å². The zero-order valence-electron chi connectivity index (χ0n) is 5.78. The fraction of sp³-hybridized carbons (Fsp3) is 0.714. The summed E-state index contributed by atoms with van der Waals surface area (Å²) in [5, 5.41) is 10.3. The Morgan fingerprint density at radius 3 is 2.80 bits per heavy atom. The zero-order chi connectivity index (χ0) is 7.30. The molecule has 0 radical (unpaired) electrons. The zero-order valence-corrected chi connectivity index (χ0v) is 5.78. The number of fused-ring (bicyclic) bond motifs is 1. The van der Waals surface area contributed by atoms with Gasteiger partial charge in [-0.25, -0.2) is 0 Å². The molecule has 54 valence electrons. The van der Waals surface area contributed by atoms with Crippen LogP contribution in [0.4, 0.5) is 0 Å². The van der Waals surface area contributed by atoms with E-state index >= 15 is 0 Å². The van der Waals surface area contributed by atoms with E-state index in [9.17, 15) is 10.1 Å². The van der Waals surface area contributed by atoms with Gasteiger partial charge in [0.2, 0.25) is 6.04 Å². The monoisotopic (exact) mass is 139 g/mol. The molecule has 0 aromatic rings. The van der Waals surface area contributed by atoms with Gasteiger partial charge < -0.3 is 0 Å². The molecule has 1 fully saturated rings. The van der Waals surface area contributed by atoms with Crippen molar-refractivity contribution in [1.82, 2.24) is 0 Å². The highest BCUT2D eigenvalue weighted by atomic mass is 16.6. The van der Waals surface area contributed by atoms with Crippen LogP contribution in [0.15, 0.2) is 11.6 Å². The van der Waals surface area contributed by atoms with Gasteiger partial charge >= 0.3 is 0 Å². The molecule has 10 heavy (non-hydrogen) atoms. The van der Waals surface area contributed by atoms with Crippen molar-refractivity contribution in [3.05, 3.63) is 21.8 Å². The molecule has 2 rings (SSSR count). The maximum absolute atomic E-state index is 10.3. The number of hydrogen-bond donors (Lipinski definition) is 0. The fourth-order valence-corrected chi connectivity index (χ4v) is 1.90. The highest BCUT2D eigenvalue weighted by Crippen LogP contribution is 2.49. The van der Waals surface area contributed by atoms with Gasteiger partial charge in [-0.1, -0.05) is 11.6 Å². The molecule has 0 heterocycles. The molecule has 0 bridgehead atoms. The van der Waals surface area contributed by atoms with Crippen molar-refractivity contribution in [1.29, 1.82) is 0 Å². The van der Waals surface area contributed by atoms with E-state index < -0.39 is 0 Å². The molecule has 3 atom stereocenters. The highest BCUT2D eigenvalue weighted by molar-refractivity contribution is 5.27. The van der Waals surface area contributed by atoms with Crippen molar-refractivity contribution in [3.8, 4) is 0 Å². The first-order valence-corrected chi connectivity index (χ1v) is 3.52. The van der Waals surface area contributed by atoms with Crippen molar-refractivity contribution in [2.75, 3.05) is 0 Å². The lowest BCUT2D eigenvalue weighted by Gasteiger charge is -2.45. The summed E-state index contributed by atoms with van der Waals surface area (Å²) in [5.74, 6) is 0.852. The Bertz CT molecular complexity index is 222. The van der Waals surface area contributed by atoms with Crippen LogP contribution in [0.25, 0.3) is 0 Å². The Labute approximate surface area is 58.9 Å². The number of allylic oxidation sites excluding steroid dienone is 1. The van der Waals surface area contributed by atoms with Crippen molar-refractivity contribution in [3.63, 3.8) is 0 Å². The summed E-state index contributed by atoms with van der Waals surface area (Å²) in [6.07, 6.45) is 2.81. The van der Waals surface area contributed by atoms with Crippen molar-refractivity contribution >= 4 is 0 Å². The summed E-state index contributed by atoms with van der Waals surface area (Å²) >= 11 is 0. The molecule has 2 aliphatic rings. The van der Waals surface area contributed by atoms with Crippen LogP contribution in [0.2, 0.25) is 0 Å². The molecular weight excluding hydrogens is 130 g/mol. The molecule has 0 aromatic heterocycles. The van der Waals surface area contributed by atoms with Gasteiger partial charge in [0.05, 0.1) is 5.92 Å². The van der Waals surface area contributed by atoms with Crippen LogP contribution in [0.5, 0.6) is 0 Å². The van der Waals surface area contributed by atoms with E-state index in [1.165, 1.54) is 5.57 Å². The second-order valence-electron chi connectivity index (χ2n) is 3.18. The van der Waals surface area contributed by atoms with Crippen LogP contribution in [0, 0.1) is 22.0 Å². The van der Waals surface area contributed by atoms with Gasteiger partial charge in [0, 0.05) is 11.3 Å². The lowest BCUT2D eigenvalue weighted by Crippen LogP contribution is -2.50. The molecule has 3 nitrogen and oxygen atoms in total. The largest absolute Gasteiger partial charge is 0.264 e. The van der Waals surface area contributed by atoms with Crippen LogP contribution >= 0.6 is 0 Å². The molecule has 0 saturated heterocycles. The first kappa shape index (κ1) is 5.89. The van der Waals surface area contributed by atoms with Crippen molar-refractivity contribution in [2.24, 2.45) is 11.8 Å². The molecule has 0 spiro atoms. The lowest BCUT2D eigenvalue weighted by molar-refractivity contribution is -0.550. The molecule has 3 heteroatoms. The van der Waals surface area contributed by atoms with Crippen LogP contribution < -0.4 is 0 Å². The Balaban J connectivity index is 2.07. The summed E-state index contributed by atoms with van der Waals surface area (Å²) in [5.41, 5.74) is 1.35. The maximum atomic E-state index is 10.3. The van der Waals surface area contributed by atoms with Crippen molar-refractivity contribution in [2.45, 2.75) is 19.4 Å². The average molecular weight is 139 g/mol. The predicted octanol–water partition coefficient (Wildman–Crippen LogP) is 1.23. The summed E-state index contributed by atoms with van der Waals surface area (Å²) in [6.45, 7) is 2.05. The SMILES string of the molecule is CC1=CC2C1CC2[N+](=O)[O-]. The standard InChI is InChI=1S/C7H9NO2/c1-4-2-6-5(4)3-7(6)8(9)10/h2,5-7H,3H2,1H3. The third-order valence-corrected chi connectivity index (χ3v) is 2.72. The number of rotatable bonds is 1. The third kappa shape index (κ3) is 0.503. The first-order valence-electron chi connectivity index (χ1n) is 3.52. The summed E-state index contributed by atoms with van der Waals surface area (Å²) in [6, 6.07) is -0.256. The topological polar surface area (TPSA) is 43.1 Å². The molecule has 1 saturated carbocycles. The number of nitro groups is 1. The minimum atomic E-state index is -0.256. The normalized spacial score (nSPS) is 42.5. The summed E-state index contributed by atoms with van der Waals surface area (Å²) < 4.78 is 0. The van der Waals surface area contributed by atoms with Crippen molar-refractivity contribution < 1.29 is 4.92 Å². The Kier molecular flexibility index (Phi) is 0.938. The first-order chi connectivity index (χ1) is 4.70. The summed E-state index contributed by atoms with van der Waals surface area (Å²) in [7, 11) is 0. The molecule has 3 unspecified atom stereocenters. The molecule has 2 aliphatic carbocycles. The van der Waals surface area contributed by atoms with Crippen LogP contribution in [-0.2, 0) is 0 Å². The number of nitrogens with zero attached hydrogens (tertiary/aromatic N) is 1. The van der Waals surface area contributed by atoms with Gasteiger partial charge in [0.1, 0.15) is 0 Å². The van der Waals surface area contributed by atoms with Gasteiger partial charge in [-0.15, -0.1) is 0 Å². The summed E-state index contributed by atoms with van der Waals surface area (Å²) in [4.78, 5) is 10.1. The third-order valence-electron chi connectivity index (χ3n) is 2.72. The van der Waals surface area contributed by atoms with E-state index in [2.05, 4.69) is 6.92 Å². The van der Waals surface area contributed by atoms with E-state index in [1.807, 2.05) is 6.08 Å². The van der Waals surface area contributed by atoms with Gasteiger partial charge in [0.15, 0.2) is 0 Å². The van der Waals surface area contributed by atoms with Gasteiger partial charge in [-0.3, -0.25) is 10.1 Å². The van der Waals surface area contributed by atoms with Gasteiger partial charge in [-0.2, -0.15) is 0 Å². The quantitative estimate of drug-likeness (QED) is 0.311. The predicted molar refractivity (Wildman–Crippen MR) is 36.1 cm³/mol. The molecule has 0 N–H and O–H groups in total. The van der Waals surface area contributed by atoms with E-state index in [4.69, 9.17) is 0 Å². The smallest absolute Gasteiger partial charge is 0.220 e. The van der Waals surface area contributed by atoms with E-state index in [0.29, 0.717) is 5.92 Å². The maximum Gasteiger partial charge on any atom is 0.220 e. The second kappa shape index (κ2) is 1.59. The van der Waals surface area contributed by atoms with E-state index in [1.54, 1.807) is 0 Å². The Hall–Kier alpha value is -0.860. The van der Waals surface area contributed by atoms with E-state index in [0.717, 1.165) is 6.42 Å². The molecule has 0 aliphatic heterocycles. The minimum absolute atomic E-state index is 0.149. The molecule has 0 aromatic carbocycles. The minimum Gasteiger partial charge on any atom is -0.264 e. The highest BCUT2D eigenvalue weighted by Gasteiger charge is 2.53. The van der Waals surface area contributed by atoms with Gasteiger partial charge in [0.25, 0.3) is 0 Å². The van der Waals surface area contributed by atoms with Gasteiger partial charge in [-0.05, 0) is 12.8 Å². The molecule has 0 amide bonds. The Morgan fingerprint density at radius 2 is 2.50 bits per heavy atom. The molecular formula is C7H9NO2. The Morgan fingerprint density at radius 1 is 1.80 bits per heavy atom. The van der Waals surface area contributed by atoms with Crippen LogP contribution in [-0.4, -0.2) is 11.0 Å². The average Bonchev–Trinajstić information content (AvgIpc) is 1.81. The van der Waals surface area contributed by atoms with Crippen LogP contribution in [0.1, 0.15) is 13.3 Å². The second-order valence-corrected chi connectivity index (χ2v) is 3.18. The number of hydrogen-bond acceptors (Lipinski definition) is 2. The van der Waals surface area contributed by atoms with E-state index in [-0.39, 0.29) is 16.9 Å². The fourth-order valence-electron chi connectivity index (χ4n) is 1.90.